The zero-order valence-corrected chi connectivity index (χ0v) is 20.6. The van der Waals surface area contributed by atoms with Gasteiger partial charge in [0.25, 0.3) is 5.69 Å². The number of nitro groups is 1. The van der Waals surface area contributed by atoms with Gasteiger partial charge in [-0.3, -0.25) is 14.9 Å². The van der Waals surface area contributed by atoms with Crippen molar-refractivity contribution < 1.29 is 19.2 Å². The van der Waals surface area contributed by atoms with Crippen molar-refractivity contribution in [3.05, 3.63) is 98.7 Å². The largest absolute Gasteiger partial charge is 0.454 e. The first kappa shape index (κ1) is 26.7. The van der Waals surface area contributed by atoms with Crippen LogP contribution in [0.15, 0.2) is 83.0 Å². The van der Waals surface area contributed by atoms with Crippen LogP contribution in [-0.2, 0) is 9.53 Å². The van der Waals surface area contributed by atoms with Crippen LogP contribution >= 0.6 is 0 Å². The van der Waals surface area contributed by atoms with Crippen LogP contribution in [0.4, 0.5) is 5.69 Å². The fourth-order valence-corrected chi connectivity index (χ4v) is 3.90. The van der Waals surface area contributed by atoms with Crippen molar-refractivity contribution in [2.45, 2.75) is 53.9 Å². The molecule has 0 saturated heterocycles. The molecular formula is C28H33NO5. The molecule has 0 aromatic heterocycles. The SMILES string of the molecule is CC(C=CC1=C(C)CCCC1(C)C)=CC=CC(C)=CC(=O)OCC(=O)c1ccc([N+](=O)[O-])cc1. The predicted molar refractivity (Wildman–Crippen MR) is 135 cm³/mol. The van der Waals surface area contributed by atoms with E-state index in [9.17, 15) is 19.7 Å². The summed E-state index contributed by atoms with van der Waals surface area (Å²) in [7, 11) is 0. The number of non-ortho nitro benzene ring substituents is 1. The Morgan fingerprint density at radius 3 is 2.41 bits per heavy atom. The van der Waals surface area contributed by atoms with E-state index >= 15 is 0 Å². The van der Waals surface area contributed by atoms with E-state index < -0.39 is 23.3 Å². The molecule has 0 fully saturated rings. The number of allylic oxidation sites excluding steroid dienone is 9. The van der Waals surface area contributed by atoms with Crippen molar-refractivity contribution in [3.8, 4) is 0 Å². The maximum atomic E-state index is 12.1. The Labute approximate surface area is 201 Å². The molecule has 6 nitrogen and oxygen atoms in total. The summed E-state index contributed by atoms with van der Waals surface area (Å²) in [5.74, 6) is -1.05. The van der Waals surface area contributed by atoms with Gasteiger partial charge in [0.2, 0.25) is 0 Å². The quantitative estimate of drug-likeness (QED) is 0.0998. The molecule has 0 amide bonds. The summed E-state index contributed by atoms with van der Waals surface area (Å²) in [5.41, 5.74) is 5.00. The number of rotatable bonds is 9. The van der Waals surface area contributed by atoms with Crippen molar-refractivity contribution in [1.82, 2.24) is 0 Å². The molecule has 1 aliphatic carbocycles. The minimum Gasteiger partial charge on any atom is -0.454 e. The van der Waals surface area contributed by atoms with Crippen LogP contribution < -0.4 is 0 Å². The van der Waals surface area contributed by atoms with E-state index in [0.717, 1.165) is 12.0 Å². The molecular weight excluding hydrogens is 430 g/mol. The molecule has 0 unspecified atom stereocenters. The summed E-state index contributed by atoms with van der Waals surface area (Å²) in [6.45, 7) is 10.2. The summed E-state index contributed by atoms with van der Waals surface area (Å²) < 4.78 is 5.00. The van der Waals surface area contributed by atoms with E-state index in [1.807, 2.05) is 19.1 Å². The minimum atomic E-state index is -0.625. The number of esters is 1. The third-order valence-electron chi connectivity index (χ3n) is 5.86. The Balaban J connectivity index is 1.89. The van der Waals surface area contributed by atoms with Crippen LogP contribution in [0.1, 0.15) is 64.2 Å². The van der Waals surface area contributed by atoms with Gasteiger partial charge in [-0.2, -0.15) is 0 Å². The molecule has 0 heterocycles. The van der Waals surface area contributed by atoms with E-state index in [2.05, 4.69) is 32.9 Å². The first-order valence-corrected chi connectivity index (χ1v) is 11.4. The van der Waals surface area contributed by atoms with Crippen LogP contribution in [0.3, 0.4) is 0 Å². The Hall–Kier alpha value is -3.54. The normalized spacial score (nSPS) is 16.9. The summed E-state index contributed by atoms with van der Waals surface area (Å²) in [4.78, 5) is 34.2. The summed E-state index contributed by atoms with van der Waals surface area (Å²) in [6.07, 6.45) is 14.9. The highest BCUT2D eigenvalue weighted by Crippen LogP contribution is 2.40. The van der Waals surface area contributed by atoms with Crippen molar-refractivity contribution in [1.29, 1.82) is 0 Å². The molecule has 0 spiro atoms. The zero-order valence-electron chi connectivity index (χ0n) is 20.6. The third kappa shape index (κ3) is 8.10. The lowest BCUT2D eigenvalue weighted by Gasteiger charge is -2.32. The van der Waals surface area contributed by atoms with Gasteiger partial charge in [0.05, 0.1) is 4.92 Å². The molecule has 1 aliphatic rings. The van der Waals surface area contributed by atoms with Crippen LogP contribution in [0, 0.1) is 15.5 Å². The van der Waals surface area contributed by atoms with E-state index in [-0.39, 0.29) is 16.7 Å². The molecule has 0 atom stereocenters. The Morgan fingerprint density at radius 1 is 1.12 bits per heavy atom. The number of Topliss-reactive ketones (excluding diaryl/α,β-unsaturated/α-hetero) is 1. The average molecular weight is 464 g/mol. The van der Waals surface area contributed by atoms with Crippen molar-refractivity contribution in [2.75, 3.05) is 6.61 Å². The minimum absolute atomic E-state index is 0.108. The zero-order chi connectivity index (χ0) is 25.3. The first-order chi connectivity index (χ1) is 16.0. The topological polar surface area (TPSA) is 86.5 Å². The summed E-state index contributed by atoms with van der Waals surface area (Å²) in [5, 5.41) is 10.7. The maximum Gasteiger partial charge on any atom is 0.331 e. The predicted octanol–water partition coefficient (Wildman–Crippen LogP) is 6.85. The van der Waals surface area contributed by atoms with Crippen LogP contribution in [0.2, 0.25) is 0 Å². The number of carbonyl (C=O) groups excluding carboxylic acids is 2. The van der Waals surface area contributed by atoms with Gasteiger partial charge in [-0.25, -0.2) is 4.79 Å². The highest BCUT2D eigenvalue weighted by Gasteiger charge is 2.26. The lowest BCUT2D eigenvalue weighted by molar-refractivity contribution is -0.384. The van der Waals surface area contributed by atoms with Gasteiger partial charge in [-0.15, -0.1) is 0 Å². The standard InChI is InChI=1S/C28H33NO5/c1-20(11-16-25-22(3)10-7-17-28(25,4)5)8-6-9-21(2)18-27(31)34-19-26(30)23-12-14-24(15-13-23)29(32)33/h6,8-9,11-16,18H,7,10,17,19H2,1-5H3. The molecule has 34 heavy (non-hydrogen) atoms. The Morgan fingerprint density at radius 2 is 1.79 bits per heavy atom. The molecule has 0 bridgehead atoms. The van der Waals surface area contributed by atoms with E-state index in [1.54, 1.807) is 13.0 Å². The van der Waals surface area contributed by atoms with Crippen molar-refractivity contribution >= 4 is 17.4 Å². The molecule has 180 valence electrons. The van der Waals surface area contributed by atoms with Crippen molar-refractivity contribution in [2.24, 2.45) is 5.41 Å². The van der Waals surface area contributed by atoms with Crippen LogP contribution in [-0.4, -0.2) is 23.3 Å². The number of nitrogens with zero attached hydrogens (tertiary/aromatic N) is 1. The second-order valence-corrected chi connectivity index (χ2v) is 9.26. The number of carbonyl (C=O) groups is 2. The number of nitro benzene ring substituents is 1. The highest BCUT2D eigenvalue weighted by molar-refractivity contribution is 5.98. The van der Waals surface area contributed by atoms with Gasteiger partial charge < -0.3 is 4.74 Å². The van der Waals surface area contributed by atoms with E-state index in [0.29, 0.717) is 5.57 Å². The highest BCUT2D eigenvalue weighted by atomic mass is 16.6. The molecule has 0 saturated carbocycles. The second kappa shape index (κ2) is 12.1. The monoisotopic (exact) mass is 463 g/mol. The lowest BCUT2D eigenvalue weighted by atomic mass is 9.72. The number of hydrogen-bond donors (Lipinski definition) is 0. The van der Waals surface area contributed by atoms with Crippen LogP contribution in [0.5, 0.6) is 0 Å². The van der Waals surface area contributed by atoms with Gasteiger partial charge in [0.15, 0.2) is 12.4 Å². The fraction of sp³-hybridized carbons (Fsp3) is 0.357. The summed E-state index contributed by atoms with van der Waals surface area (Å²) >= 11 is 0. The van der Waals surface area contributed by atoms with Gasteiger partial charge in [-0.1, -0.05) is 55.4 Å². The Bertz CT molecular complexity index is 1080. The first-order valence-electron chi connectivity index (χ1n) is 11.4. The molecule has 2 rings (SSSR count). The average Bonchev–Trinajstić information content (AvgIpc) is 2.76. The van der Waals surface area contributed by atoms with Gasteiger partial charge in [0.1, 0.15) is 0 Å². The van der Waals surface area contributed by atoms with Gasteiger partial charge in [-0.05, 0) is 68.7 Å². The van der Waals surface area contributed by atoms with Crippen LogP contribution in [0.25, 0.3) is 0 Å². The maximum absolute atomic E-state index is 12.1. The van der Waals surface area contributed by atoms with Gasteiger partial charge >= 0.3 is 5.97 Å². The fourth-order valence-electron chi connectivity index (χ4n) is 3.90. The smallest absolute Gasteiger partial charge is 0.331 e. The number of benzene rings is 1. The summed E-state index contributed by atoms with van der Waals surface area (Å²) in [6, 6.07) is 5.16. The molecule has 1 aromatic carbocycles. The molecule has 6 heteroatoms. The van der Waals surface area contributed by atoms with Gasteiger partial charge in [0, 0.05) is 23.8 Å². The number of hydrogen-bond acceptors (Lipinski definition) is 5. The second-order valence-electron chi connectivity index (χ2n) is 9.26. The molecule has 0 radical (unpaired) electrons. The number of ketones is 1. The van der Waals surface area contributed by atoms with Crippen molar-refractivity contribution in [3.63, 3.8) is 0 Å². The van der Waals surface area contributed by atoms with E-state index in [4.69, 9.17) is 4.74 Å². The molecule has 0 N–H and O–H groups in total. The van der Waals surface area contributed by atoms with E-state index in [1.165, 1.54) is 54.3 Å². The molecule has 0 aliphatic heterocycles. The Kier molecular flexibility index (Phi) is 9.48. The lowest BCUT2D eigenvalue weighted by Crippen LogP contribution is -2.19. The number of ether oxygens (including phenoxy) is 1. The third-order valence-corrected chi connectivity index (χ3v) is 5.86. The molecule has 1 aromatic rings.